The molecule has 6 heteroatoms. The number of halogens is 2. The van der Waals surface area contributed by atoms with E-state index in [0.717, 1.165) is 12.8 Å². The third-order valence-corrected chi connectivity index (χ3v) is 4.29. The summed E-state index contributed by atoms with van der Waals surface area (Å²) in [6.45, 7) is -2.76. The van der Waals surface area contributed by atoms with Crippen molar-refractivity contribution in [3.63, 3.8) is 0 Å². The van der Waals surface area contributed by atoms with E-state index < -0.39 is 12.7 Å². The van der Waals surface area contributed by atoms with Crippen molar-refractivity contribution in [2.75, 3.05) is 0 Å². The van der Waals surface area contributed by atoms with Gasteiger partial charge in [-0.05, 0) is 18.4 Å². The molecule has 1 saturated carbocycles. The summed E-state index contributed by atoms with van der Waals surface area (Å²) in [5, 5.41) is 2.71. The number of carbonyl (C=O) groups excluding carboxylic acids is 1. The molecule has 128 valence electrons. The van der Waals surface area contributed by atoms with E-state index in [-0.39, 0.29) is 18.2 Å². The smallest absolute Gasteiger partial charge is 0.387 e. The van der Waals surface area contributed by atoms with Gasteiger partial charge < -0.3 is 15.8 Å². The topological polar surface area (TPSA) is 64.4 Å². The summed E-state index contributed by atoms with van der Waals surface area (Å²) < 4.78 is 29.2. The number of nitrogens with two attached hydrogens (primary N) is 1. The maximum atomic E-state index is 12.4. The van der Waals surface area contributed by atoms with E-state index in [1.165, 1.54) is 25.3 Å². The molecule has 1 aromatic carbocycles. The predicted molar refractivity (Wildman–Crippen MR) is 84.1 cm³/mol. The molecule has 0 saturated heterocycles. The maximum absolute atomic E-state index is 12.4. The monoisotopic (exact) mass is 326 g/mol. The Morgan fingerprint density at radius 2 is 1.96 bits per heavy atom. The first kappa shape index (κ1) is 17.7. The van der Waals surface area contributed by atoms with Gasteiger partial charge in [0.2, 0.25) is 5.91 Å². The fraction of sp³-hybridized carbons (Fsp3) is 0.588. The fourth-order valence-electron chi connectivity index (χ4n) is 3.06. The average molecular weight is 326 g/mol. The second kappa shape index (κ2) is 8.82. The number of para-hydroxylation sites is 1. The number of ether oxygens (including phenoxy) is 1. The first-order valence-corrected chi connectivity index (χ1v) is 8.12. The van der Waals surface area contributed by atoms with Crippen molar-refractivity contribution in [2.24, 2.45) is 11.7 Å². The molecule has 1 atom stereocenters. The lowest BCUT2D eigenvalue weighted by atomic mass is 9.85. The molecule has 0 spiro atoms. The highest BCUT2D eigenvalue weighted by Gasteiger charge is 2.21. The molecular weight excluding hydrogens is 302 g/mol. The zero-order valence-corrected chi connectivity index (χ0v) is 13.1. The van der Waals surface area contributed by atoms with Gasteiger partial charge >= 0.3 is 6.61 Å². The number of benzene rings is 1. The van der Waals surface area contributed by atoms with E-state index in [0.29, 0.717) is 17.9 Å². The summed E-state index contributed by atoms with van der Waals surface area (Å²) in [5.41, 5.74) is 6.47. The largest absolute Gasteiger partial charge is 0.434 e. The van der Waals surface area contributed by atoms with Crippen molar-refractivity contribution in [3.05, 3.63) is 29.8 Å². The van der Waals surface area contributed by atoms with Crippen LogP contribution in [0.25, 0.3) is 0 Å². The Morgan fingerprint density at radius 1 is 1.26 bits per heavy atom. The van der Waals surface area contributed by atoms with E-state index in [1.807, 2.05) is 0 Å². The normalized spacial score (nSPS) is 17.0. The van der Waals surface area contributed by atoms with Crippen LogP contribution < -0.4 is 15.8 Å². The highest BCUT2D eigenvalue weighted by atomic mass is 19.3. The standard InChI is InChI=1S/C17H24F2N2O2/c18-17(19)23-15-9-5-4-8-13(15)11-21-16(22)14(20)10-12-6-2-1-3-7-12/h4-5,8-9,12,14,17H,1-3,6-7,10-11,20H2,(H,21,22). The zero-order valence-electron chi connectivity index (χ0n) is 13.1. The lowest BCUT2D eigenvalue weighted by Gasteiger charge is -2.24. The maximum Gasteiger partial charge on any atom is 0.387 e. The van der Waals surface area contributed by atoms with Crippen LogP contribution in [-0.2, 0) is 11.3 Å². The molecule has 0 heterocycles. The SMILES string of the molecule is NC(CC1CCCCC1)C(=O)NCc1ccccc1OC(F)F. The van der Waals surface area contributed by atoms with E-state index in [1.54, 1.807) is 18.2 Å². The van der Waals surface area contributed by atoms with Crippen molar-refractivity contribution in [1.29, 1.82) is 0 Å². The Balaban J connectivity index is 1.83. The molecule has 0 bridgehead atoms. The second-order valence-corrected chi connectivity index (χ2v) is 6.05. The number of hydrogen-bond donors (Lipinski definition) is 2. The number of hydrogen-bond acceptors (Lipinski definition) is 3. The number of alkyl halides is 2. The Hall–Kier alpha value is -1.69. The molecule has 3 N–H and O–H groups in total. The fourth-order valence-corrected chi connectivity index (χ4v) is 3.06. The van der Waals surface area contributed by atoms with E-state index in [9.17, 15) is 13.6 Å². The first-order valence-electron chi connectivity index (χ1n) is 8.12. The third-order valence-electron chi connectivity index (χ3n) is 4.29. The van der Waals surface area contributed by atoms with Crippen molar-refractivity contribution < 1.29 is 18.3 Å². The van der Waals surface area contributed by atoms with Gasteiger partial charge in [0.15, 0.2) is 0 Å². The molecule has 1 unspecified atom stereocenters. The van der Waals surface area contributed by atoms with Gasteiger partial charge in [-0.25, -0.2) is 0 Å². The summed E-state index contributed by atoms with van der Waals surface area (Å²) >= 11 is 0. The Kier molecular flexibility index (Phi) is 6.77. The van der Waals surface area contributed by atoms with Crippen molar-refractivity contribution >= 4 is 5.91 Å². The highest BCUT2D eigenvalue weighted by molar-refractivity contribution is 5.81. The summed E-state index contributed by atoms with van der Waals surface area (Å²) in [5.74, 6) is 0.338. The van der Waals surface area contributed by atoms with Crippen molar-refractivity contribution in [1.82, 2.24) is 5.32 Å². The van der Waals surface area contributed by atoms with Gasteiger partial charge in [0, 0.05) is 12.1 Å². The number of carbonyl (C=O) groups is 1. The number of amides is 1. The minimum atomic E-state index is -2.89. The molecule has 1 amide bonds. The van der Waals surface area contributed by atoms with Gasteiger partial charge in [0.1, 0.15) is 5.75 Å². The number of nitrogens with one attached hydrogen (secondary N) is 1. The molecule has 0 radical (unpaired) electrons. The van der Waals surface area contributed by atoms with Crippen LogP contribution in [0.15, 0.2) is 24.3 Å². The third kappa shape index (κ3) is 5.78. The Morgan fingerprint density at radius 3 is 2.65 bits per heavy atom. The van der Waals surface area contributed by atoms with Crippen LogP contribution in [0.4, 0.5) is 8.78 Å². The van der Waals surface area contributed by atoms with Crippen LogP contribution in [0.5, 0.6) is 5.75 Å². The van der Waals surface area contributed by atoms with E-state index >= 15 is 0 Å². The van der Waals surface area contributed by atoms with Gasteiger partial charge in [0.05, 0.1) is 6.04 Å². The highest BCUT2D eigenvalue weighted by Crippen LogP contribution is 2.27. The van der Waals surface area contributed by atoms with Crippen LogP contribution in [0, 0.1) is 5.92 Å². The predicted octanol–water partition coefficient (Wildman–Crippen LogP) is 3.20. The molecule has 4 nitrogen and oxygen atoms in total. The van der Waals surface area contributed by atoms with Crippen LogP contribution in [0.3, 0.4) is 0 Å². The van der Waals surface area contributed by atoms with Gasteiger partial charge in [0.25, 0.3) is 0 Å². The summed E-state index contributed by atoms with van der Waals surface area (Å²) in [6, 6.07) is 5.86. The Labute approximate surface area is 135 Å². The minimum absolute atomic E-state index is 0.0728. The summed E-state index contributed by atoms with van der Waals surface area (Å²) in [7, 11) is 0. The van der Waals surface area contributed by atoms with Gasteiger partial charge in [-0.3, -0.25) is 4.79 Å². The van der Waals surface area contributed by atoms with Gasteiger partial charge in [-0.15, -0.1) is 0 Å². The molecule has 1 aromatic rings. The molecule has 23 heavy (non-hydrogen) atoms. The van der Waals surface area contributed by atoms with Crippen molar-refractivity contribution in [3.8, 4) is 5.75 Å². The lowest BCUT2D eigenvalue weighted by Crippen LogP contribution is -2.41. The van der Waals surface area contributed by atoms with Crippen LogP contribution in [-0.4, -0.2) is 18.6 Å². The molecule has 1 fully saturated rings. The molecule has 1 aliphatic carbocycles. The second-order valence-electron chi connectivity index (χ2n) is 6.05. The molecular formula is C17H24F2N2O2. The van der Waals surface area contributed by atoms with E-state index in [2.05, 4.69) is 10.1 Å². The first-order chi connectivity index (χ1) is 11.1. The molecule has 1 aliphatic rings. The molecule has 2 rings (SSSR count). The van der Waals surface area contributed by atoms with Gasteiger partial charge in [-0.1, -0.05) is 50.3 Å². The average Bonchev–Trinajstić information content (AvgIpc) is 2.54. The molecule has 0 aromatic heterocycles. The quantitative estimate of drug-likeness (QED) is 0.809. The zero-order chi connectivity index (χ0) is 16.7. The van der Waals surface area contributed by atoms with Crippen LogP contribution >= 0.6 is 0 Å². The summed E-state index contributed by atoms with van der Waals surface area (Å²) in [6.07, 6.45) is 6.62. The van der Waals surface area contributed by atoms with Crippen LogP contribution in [0.2, 0.25) is 0 Å². The van der Waals surface area contributed by atoms with Crippen molar-refractivity contribution in [2.45, 2.75) is 57.7 Å². The number of rotatable bonds is 7. The van der Waals surface area contributed by atoms with Gasteiger partial charge in [-0.2, -0.15) is 8.78 Å². The Bertz CT molecular complexity index is 505. The van der Waals surface area contributed by atoms with Crippen LogP contribution in [0.1, 0.15) is 44.1 Å². The minimum Gasteiger partial charge on any atom is -0.434 e. The molecule has 0 aliphatic heterocycles. The lowest BCUT2D eigenvalue weighted by molar-refractivity contribution is -0.123. The summed E-state index contributed by atoms with van der Waals surface area (Å²) in [4.78, 5) is 12.1. The van der Waals surface area contributed by atoms with E-state index in [4.69, 9.17) is 5.73 Å².